The molecule has 32 heavy (non-hydrogen) atoms. The van der Waals surface area contributed by atoms with Crippen molar-refractivity contribution in [2.45, 2.75) is 37.1 Å². The maximum Gasteiger partial charge on any atom is 0.312 e. The van der Waals surface area contributed by atoms with E-state index in [1.807, 2.05) is 42.8 Å². The van der Waals surface area contributed by atoms with E-state index >= 15 is 0 Å². The third kappa shape index (κ3) is 4.55. The van der Waals surface area contributed by atoms with Crippen LogP contribution in [-0.2, 0) is 27.8 Å². The maximum atomic E-state index is 12.8. The van der Waals surface area contributed by atoms with Crippen molar-refractivity contribution < 1.29 is 14.3 Å². The summed E-state index contributed by atoms with van der Waals surface area (Å²) in [5, 5.41) is 21.0. The van der Waals surface area contributed by atoms with E-state index < -0.39 is 5.25 Å². The number of thioether (sulfide) groups is 1. The van der Waals surface area contributed by atoms with Gasteiger partial charge in [0.2, 0.25) is 16.2 Å². The molecule has 0 radical (unpaired) electrons. The zero-order chi connectivity index (χ0) is 22.7. The van der Waals surface area contributed by atoms with Gasteiger partial charge in [-0.1, -0.05) is 48.2 Å². The van der Waals surface area contributed by atoms with Gasteiger partial charge in [0.05, 0.1) is 23.8 Å². The number of aromatic nitrogens is 6. The van der Waals surface area contributed by atoms with E-state index in [-0.39, 0.29) is 18.3 Å². The molecule has 0 fully saturated rings. The summed E-state index contributed by atoms with van der Waals surface area (Å²) in [6.07, 6.45) is 0.583. The molecule has 1 N–H and O–H groups in total. The Kier molecular flexibility index (Phi) is 6.61. The molecule has 0 aliphatic rings. The van der Waals surface area contributed by atoms with Gasteiger partial charge in [0.1, 0.15) is 10.5 Å². The summed E-state index contributed by atoms with van der Waals surface area (Å²) in [6, 6.07) is 7.91. The molecule has 12 heteroatoms. The van der Waals surface area contributed by atoms with Crippen molar-refractivity contribution in [1.82, 2.24) is 29.9 Å². The molecule has 1 aromatic carbocycles. The standard InChI is InChI=1S/C20H21N7O3S2/c1-4-13(18(29)22-20-25-23-14(32-20)10-15(28)30-5-2)31-19-21-17-16(24-26-19)11-8-6-7-9-12(11)27(17)3/h6-9,13H,4-5,10H2,1-3H3,(H,22,25,29)/t13-/m0/s1. The highest BCUT2D eigenvalue weighted by Gasteiger charge is 2.22. The average Bonchev–Trinajstić information content (AvgIpc) is 3.34. The number of benzene rings is 1. The van der Waals surface area contributed by atoms with Gasteiger partial charge < -0.3 is 9.30 Å². The number of anilines is 1. The zero-order valence-corrected chi connectivity index (χ0v) is 19.4. The van der Waals surface area contributed by atoms with Gasteiger partial charge in [0.15, 0.2) is 5.65 Å². The first-order valence-electron chi connectivity index (χ1n) is 10.0. The number of hydrogen-bond acceptors (Lipinski definition) is 10. The van der Waals surface area contributed by atoms with Crippen LogP contribution in [0, 0.1) is 0 Å². The Morgan fingerprint density at radius 3 is 2.78 bits per heavy atom. The number of nitrogens with one attached hydrogen (secondary N) is 1. The number of rotatable bonds is 8. The van der Waals surface area contributed by atoms with Crippen LogP contribution in [0.25, 0.3) is 22.1 Å². The molecule has 0 spiro atoms. The average molecular weight is 472 g/mol. The molecule has 0 saturated carbocycles. The van der Waals surface area contributed by atoms with Crippen LogP contribution in [0.2, 0.25) is 0 Å². The molecular weight excluding hydrogens is 450 g/mol. The Balaban J connectivity index is 1.47. The molecule has 3 aromatic heterocycles. The summed E-state index contributed by atoms with van der Waals surface area (Å²) in [6.45, 7) is 3.95. The Bertz CT molecular complexity index is 1290. The van der Waals surface area contributed by atoms with Crippen LogP contribution in [0.4, 0.5) is 5.13 Å². The largest absolute Gasteiger partial charge is 0.466 e. The number of nitrogens with zero attached hydrogens (tertiary/aromatic N) is 6. The van der Waals surface area contributed by atoms with E-state index in [2.05, 4.69) is 30.7 Å². The number of fused-ring (bicyclic) bond motifs is 3. The summed E-state index contributed by atoms with van der Waals surface area (Å²) in [4.78, 5) is 29.0. The molecule has 1 amide bonds. The van der Waals surface area contributed by atoms with Gasteiger partial charge in [-0.25, -0.2) is 4.98 Å². The number of carbonyl (C=O) groups is 2. The van der Waals surface area contributed by atoms with Crippen LogP contribution >= 0.6 is 23.1 Å². The van der Waals surface area contributed by atoms with Crippen LogP contribution in [0.5, 0.6) is 0 Å². The van der Waals surface area contributed by atoms with Gasteiger partial charge in [0.25, 0.3) is 0 Å². The van der Waals surface area contributed by atoms with E-state index in [0.717, 1.165) is 27.8 Å². The van der Waals surface area contributed by atoms with Gasteiger partial charge in [0, 0.05) is 12.4 Å². The minimum atomic E-state index is -0.443. The summed E-state index contributed by atoms with van der Waals surface area (Å²) in [5.74, 6) is -0.617. The van der Waals surface area contributed by atoms with Crippen molar-refractivity contribution in [2.24, 2.45) is 7.05 Å². The molecule has 166 valence electrons. The topological polar surface area (TPSA) is 125 Å². The normalized spacial score (nSPS) is 12.2. The highest BCUT2D eigenvalue weighted by molar-refractivity contribution is 8.00. The maximum absolute atomic E-state index is 12.8. The van der Waals surface area contributed by atoms with Crippen LogP contribution in [0.3, 0.4) is 0 Å². The Morgan fingerprint density at radius 2 is 2.00 bits per heavy atom. The minimum absolute atomic E-state index is 0.0257. The highest BCUT2D eigenvalue weighted by atomic mass is 32.2. The lowest BCUT2D eigenvalue weighted by molar-refractivity contribution is -0.142. The van der Waals surface area contributed by atoms with E-state index in [9.17, 15) is 9.59 Å². The van der Waals surface area contributed by atoms with Crippen molar-refractivity contribution in [2.75, 3.05) is 11.9 Å². The van der Waals surface area contributed by atoms with Gasteiger partial charge in [-0.15, -0.1) is 20.4 Å². The van der Waals surface area contributed by atoms with Gasteiger partial charge in [-0.2, -0.15) is 0 Å². The molecular formula is C20H21N7O3S2. The van der Waals surface area contributed by atoms with Crippen LogP contribution in [0.1, 0.15) is 25.3 Å². The van der Waals surface area contributed by atoms with E-state index in [1.54, 1.807) is 6.92 Å². The molecule has 0 saturated heterocycles. The number of carbonyl (C=O) groups excluding carboxylic acids is 2. The van der Waals surface area contributed by atoms with Crippen molar-refractivity contribution >= 4 is 62.2 Å². The van der Waals surface area contributed by atoms with Gasteiger partial charge >= 0.3 is 5.97 Å². The highest BCUT2D eigenvalue weighted by Crippen LogP contribution is 2.28. The lowest BCUT2D eigenvalue weighted by atomic mass is 10.2. The monoisotopic (exact) mass is 471 g/mol. The first kappa shape index (κ1) is 22.1. The number of amides is 1. The Labute approximate surface area is 191 Å². The third-order valence-electron chi connectivity index (χ3n) is 4.70. The Morgan fingerprint density at radius 1 is 1.19 bits per heavy atom. The smallest absolute Gasteiger partial charge is 0.312 e. The second kappa shape index (κ2) is 9.57. The van der Waals surface area contributed by atoms with Crippen molar-refractivity contribution in [3.8, 4) is 0 Å². The van der Waals surface area contributed by atoms with E-state index in [4.69, 9.17) is 4.74 Å². The van der Waals surface area contributed by atoms with Crippen molar-refractivity contribution in [1.29, 1.82) is 0 Å². The number of aryl methyl sites for hydroxylation is 1. The zero-order valence-electron chi connectivity index (χ0n) is 17.7. The van der Waals surface area contributed by atoms with E-state index in [1.165, 1.54) is 11.8 Å². The summed E-state index contributed by atoms with van der Waals surface area (Å²) in [5.41, 5.74) is 2.46. The van der Waals surface area contributed by atoms with Gasteiger partial charge in [-0.3, -0.25) is 14.9 Å². The molecule has 10 nitrogen and oxygen atoms in total. The summed E-state index contributed by atoms with van der Waals surface area (Å²) in [7, 11) is 1.93. The predicted molar refractivity (Wildman–Crippen MR) is 123 cm³/mol. The third-order valence-corrected chi connectivity index (χ3v) is 6.75. The fourth-order valence-electron chi connectivity index (χ4n) is 3.19. The van der Waals surface area contributed by atoms with Crippen LogP contribution in [-0.4, -0.2) is 53.7 Å². The molecule has 3 heterocycles. The number of ether oxygens (including phenoxy) is 1. The van der Waals surface area contributed by atoms with Crippen molar-refractivity contribution in [3.05, 3.63) is 29.3 Å². The van der Waals surface area contributed by atoms with Crippen LogP contribution < -0.4 is 5.32 Å². The summed E-state index contributed by atoms with van der Waals surface area (Å²) < 4.78 is 6.87. The fourth-order valence-corrected chi connectivity index (χ4v) is 4.73. The molecule has 4 rings (SSSR count). The minimum Gasteiger partial charge on any atom is -0.466 e. The second-order valence-corrected chi connectivity index (χ2v) is 9.06. The molecule has 0 aliphatic heterocycles. The first-order chi connectivity index (χ1) is 15.5. The molecule has 0 bridgehead atoms. The SMILES string of the molecule is CCOC(=O)Cc1nnc(NC(=O)[C@H](CC)Sc2nnc3c4ccccc4n(C)c3n2)s1. The predicted octanol–water partition coefficient (Wildman–Crippen LogP) is 2.98. The van der Waals surface area contributed by atoms with Crippen molar-refractivity contribution in [3.63, 3.8) is 0 Å². The fraction of sp³-hybridized carbons (Fsp3) is 0.350. The lowest BCUT2D eigenvalue weighted by Gasteiger charge is -2.11. The van der Waals surface area contributed by atoms with Crippen LogP contribution in [0.15, 0.2) is 29.4 Å². The quantitative estimate of drug-likeness (QED) is 0.305. The lowest BCUT2D eigenvalue weighted by Crippen LogP contribution is -2.24. The number of para-hydroxylation sites is 1. The Hall–Kier alpha value is -3.12. The summed E-state index contributed by atoms with van der Waals surface area (Å²) >= 11 is 2.39. The van der Waals surface area contributed by atoms with E-state index in [0.29, 0.717) is 34.0 Å². The first-order valence-corrected chi connectivity index (χ1v) is 11.7. The van der Waals surface area contributed by atoms with Gasteiger partial charge in [-0.05, 0) is 19.4 Å². The number of esters is 1. The second-order valence-electron chi connectivity index (χ2n) is 6.83. The number of hydrogen-bond donors (Lipinski definition) is 1. The molecule has 0 aliphatic carbocycles. The molecule has 4 aromatic rings. The molecule has 0 unspecified atom stereocenters. The molecule has 1 atom stereocenters.